The van der Waals surface area contributed by atoms with Crippen LogP contribution in [0.3, 0.4) is 0 Å². The van der Waals surface area contributed by atoms with Gasteiger partial charge >= 0.3 is 0 Å². The third-order valence-corrected chi connectivity index (χ3v) is 5.29. The van der Waals surface area contributed by atoms with Gasteiger partial charge in [0.15, 0.2) is 0 Å². The van der Waals surface area contributed by atoms with Crippen LogP contribution in [-0.2, 0) is 21.2 Å². The Morgan fingerprint density at radius 1 is 1.12 bits per heavy atom. The molecular formula is C18H21ClN2O3S. The number of hydrogen-bond acceptors (Lipinski definition) is 3. The normalized spacial score (nSPS) is 12.5. The highest BCUT2D eigenvalue weighted by Crippen LogP contribution is 2.22. The minimum atomic E-state index is -3.63. The molecule has 2 aromatic carbocycles. The van der Waals surface area contributed by atoms with Gasteiger partial charge in [-0.15, -0.1) is 0 Å². The number of sulfonamides is 1. The quantitative estimate of drug-likeness (QED) is 0.830. The number of benzene rings is 2. The predicted molar refractivity (Wildman–Crippen MR) is 103 cm³/mol. The first kappa shape index (κ1) is 19.3. The summed E-state index contributed by atoms with van der Waals surface area (Å²) in [5, 5.41) is 3.27. The Labute approximate surface area is 153 Å². The van der Waals surface area contributed by atoms with Gasteiger partial charge in [0.1, 0.15) is 6.04 Å². The number of aryl methyl sites for hydroxylation is 1. The van der Waals surface area contributed by atoms with Crippen LogP contribution < -0.4 is 9.62 Å². The maximum atomic E-state index is 12.5. The van der Waals surface area contributed by atoms with Gasteiger partial charge in [0.05, 0.1) is 11.9 Å². The van der Waals surface area contributed by atoms with E-state index in [1.807, 2.05) is 19.1 Å². The van der Waals surface area contributed by atoms with Crippen LogP contribution in [0.2, 0.25) is 5.02 Å². The Morgan fingerprint density at radius 3 is 2.16 bits per heavy atom. The molecule has 0 spiro atoms. The highest BCUT2D eigenvalue weighted by Gasteiger charge is 2.29. The molecular weight excluding hydrogens is 360 g/mol. The van der Waals surface area contributed by atoms with Gasteiger partial charge in [-0.25, -0.2) is 8.42 Å². The van der Waals surface area contributed by atoms with E-state index in [1.54, 1.807) is 43.3 Å². The lowest BCUT2D eigenvalue weighted by molar-refractivity contribution is -0.116. The molecule has 0 aliphatic carbocycles. The second-order valence-corrected chi connectivity index (χ2v) is 8.05. The highest BCUT2D eigenvalue weighted by atomic mass is 35.5. The molecule has 1 atom stereocenters. The van der Waals surface area contributed by atoms with Gasteiger partial charge in [0.25, 0.3) is 0 Å². The Balaban J connectivity index is 2.27. The molecule has 5 nitrogen and oxygen atoms in total. The molecule has 25 heavy (non-hydrogen) atoms. The first-order valence-electron chi connectivity index (χ1n) is 7.87. The van der Waals surface area contributed by atoms with Crippen molar-refractivity contribution in [2.45, 2.75) is 26.3 Å². The second kappa shape index (κ2) is 7.89. The third kappa shape index (κ3) is 4.96. The van der Waals surface area contributed by atoms with Crippen LogP contribution in [0.15, 0.2) is 48.5 Å². The van der Waals surface area contributed by atoms with Crippen LogP contribution in [0.25, 0.3) is 0 Å². The molecule has 0 aliphatic rings. The van der Waals surface area contributed by atoms with Crippen LogP contribution in [0.1, 0.15) is 19.4 Å². The van der Waals surface area contributed by atoms with Crippen molar-refractivity contribution in [3.8, 4) is 0 Å². The first-order valence-corrected chi connectivity index (χ1v) is 10.1. The Morgan fingerprint density at radius 2 is 1.68 bits per heavy atom. The average molecular weight is 381 g/mol. The summed E-state index contributed by atoms with van der Waals surface area (Å²) >= 11 is 5.83. The van der Waals surface area contributed by atoms with Gasteiger partial charge in [0, 0.05) is 10.7 Å². The van der Waals surface area contributed by atoms with Crippen molar-refractivity contribution in [1.29, 1.82) is 0 Å². The van der Waals surface area contributed by atoms with E-state index in [0.29, 0.717) is 16.4 Å². The molecule has 2 rings (SSSR count). The summed E-state index contributed by atoms with van der Waals surface area (Å²) in [6.45, 7) is 3.57. The zero-order valence-corrected chi connectivity index (χ0v) is 15.9. The molecule has 7 heteroatoms. The minimum Gasteiger partial charge on any atom is -0.324 e. The zero-order valence-electron chi connectivity index (χ0n) is 14.4. The first-order chi connectivity index (χ1) is 11.7. The largest absolute Gasteiger partial charge is 0.324 e. The Kier molecular flexibility index (Phi) is 6.08. The monoisotopic (exact) mass is 380 g/mol. The molecule has 0 heterocycles. The molecule has 0 saturated carbocycles. The van der Waals surface area contributed by atoms with Gasteiger partial charge in [-0.3, -0.25) is 9.10 Å². The Bertz CT molecular complexity index is 834. The summed E-state index contributed by atoms with van der Waals surface area (Å²) in [4.78, 5) is 12.5. The van der Waals surface area contributed by atoms with Gasteiger partial charge < -0.3 is 5.32 Å². The van der Waals surface area contributed by atoms with Crippen LogP contribution in [0, 0.1) is 0 Å². The van der Waals surface area contributed by atoms with Gasteiger partial charge in [-0.1, -0.05) is 30.7 Å². The molecule has 0 fully saturated rings. The van der Waals surface area contributed by atoms with Gasteiger partial charge in [-0.05, 0) is 55.3 Å². The fraction of sp³-hybridized carbons (Fsp3) is 0.278. The lowest BCUT2D eigenvalue weighted by Gasteiger charge is -2.28. The molecule has 0 unspecified atom stereocenters. The van der Waals surface area contributed by atoms with E-state index in [4.69, 9.17) is 11.6 Å². The number of carbonyl (C=O) groups excluding carboxylic acids is 1. The molecule has 0 radical (unpaired) electrons. The molecule has 0 aromatic heterocycles. The summed E-state index contributed by atoms with van der Waals surface area (Å²) in [6.07, 6.45) is 1.94. The van der Waals surface area contributed by atoms with Crippen molar-refractivity contribution in [2.24, 2.45) is 0 Å². The maximum absolute atomic E-state index is 12.5. The van der Waals surface area contributed by atoms with Crippen molar-refractivity contribution in [3.05, 3.63) is 59.1 Å². The standard InChI is InChI=1S/C18H21ClN2O3S/c1-4-14-5-11-17(12-6-14)21(25(3,23)24)13(2)18(22)20-16-9-7-15(19)8-10-16/h5-13H,4H2,1-3H3,(H,20,22)/t13-/m0/s1. The van der Waals surface area contributed by atoms with Crippen molar-refractivity contribution < 1.29 is 13.2 Å². The molecule has 0 saturated heterocycles. The van der Waals surface area contributed by atoms with Crippen molar-refractivity contribution in [1.82, 2.24) is 0 Å². The molecule has 2 aromatic rings. The summed E-state index contributed by atoms with van der Waals surface area (Å²) in [7, 11) is -3.63. The zero-order chi connectivity index (χ0) is 18.6. The SMILES string of the molecule is CCc1ccc(N([C@@H](C)C(=O)Nc2ccc(Cl)cc2)S(C)(=O)=O)cc1. The van der Waals surface area contributed by atoms with Crippen LogP contribution in [-0.4, -0.2) is 26.6 Å². The van der Waals surface area contributed by atoms with E-state index < -0.39 is 22.0 Å². The van der Waals surface area contributed by atoms with E-state index in [-0.39, 0.29) is 0 Å². The smallest absolute Gasteiger partial charge is 0.247 e. The molecule has 0 aliphatic heterocycles. The number of nitrogens with zero attached hydrogens (tertiary/aromatic N) is 1. The summed E-state index contributed by atoms with van der Waals surface area (Å²) in [5.41, 5.74) is 2.10. The lowest BCUT2D eigenvalue weighted by Crippen LogP contribution is -2.45. The molecule has 0 bridgehead atoms. The number of carbonyl (C=O) groups is 1. The molecule has 1 N–H and O–H groups in total. The average Bonchev–Trinajstić information content (AvgIpc) is 2.56. The number of amides is 1. The summed E-state index contributed by atoms with van der Waals surface area (Å²) < 4.78 is 25.6. The lowest BCUT2D eigenvalue weighted by atomic mass is 10.1. The van der Waals surface area contributed by atoms with Crippen LogP contribution in [0.5, 0.6) is 0 Å². The van der Waals surface area contributed by atoms with Crippen molar-refractivity contribution in [3.63, 3.8) is 0 Å². The number of nitrogens with one attached hydrogen (secondary N) is 1. The van der Waals surface area contributed by atoms with Gasteiger partial charge in [-0.2, -0.15) is 0 Å². The topological polar surface area (TPSA) is 66.5 Å². The van der Waals surface area contributed by atoms with E-state index in [2.05, 4.69) is 5.32 Å². The van der Waals surface area contributed by atoms with E-state index in [1.165, 1.54) is 0 Å². The molecule has 1 amide bonds. The highest BCUT2D eigenvalue weighted by molar-refractivity contribution is 7.92. The van der Waals surface area contributed by atoms with Gasteiger partial charge in [0.2, 0.25) is 15.9 Å². The number of hydrogen-bond donors (Lipinski definition) is 1. The number of halogens is 1. The van der Waals surface area contributed by atoms with E-state index in [9.17, 15) is 13.2 Å². The number of anilines is 2. The minimum absolute atomic E-state index is 0.424. The fourth-order valence-electron chi connectivity index (χ4n) is 2.47. The van der Waals surface area contributed by atoms with Crippen LogP contribution in [0.4, 0.5) is 11.4 Å². The number of rotatable bonds is 6. The summed E-state index contributed by atoms with van der Waals surface area (Å²) in [6, 6.07) is 12.9. The third-order valence-electron chi connectivity index (χ3n) is 3.80. The van der Waals surface area contributed by atoms with Crippen molar-refractivity contribution in [2.75, 3.05) is 15.9 Å². The maximum Gasteiger partial charge on any atom is 0.247 e. The van der Waals surface area contributed by atoms with Crippen LogP contribution >= 0.6 is 11.6 Å². The van der Waals surface area contributed by atoms with Crippen molar-refractivity contribution >= 4 is 38.9 Å². The second-order valence-electron chi connectivity index (χ2n) is 5.75. The van der Waals surface area contributed by atoms with E-state index >= 15 is 0 Å². The van der Waals surface area contributed by atoms with E-state index in [0.717, 1.165) is 22.5 Å². The predicted octanol–water partition coefficient (Wildman–Crippen LogP) is 3.70. The Hall–Kier alpha value is -2.05. The molecule has 134 valence electrons. The fourth-order valence-corrected chi connectivity index (χ4v) is 3.77. The summed E-state index contributed by atoms with van der Waals surface area (Å²) in [5.74, 6) is -0.424.